The Kier molecular flexibility index (Phi) is 5.43. The molecular formula is C21H20F2N4S. The van der Waals surface area contributed by atoms with Gasteiger partial charge in [-0.2, -0.15) is 0 Å². The minimum Gasteiger partial charge on any atom is -0.366 e. The summed E-state index contributed by atoms with van der Waals surface area (Å²) in [4.78, 5) is 14.4. The molecule has 0 bridgehead atoms. The third-order valence-corrected chi connectivity index (χ3v) is 5.61. The number of rotatable bonds is 4. The molecule has 28 heavy (non-hydrogen) atoms. The molecule has 0 atom stereocenters. The van der Waals surface area contributed by atoms with E-state index >= 15 is 0 Å². The molecule has 0 spiro atoms. The predicted molar refractivity (Wildman–Crippen MR) is 110 cm³/mol. The van der Waals surface area contributed by atoms with Crippen LogP contribution in [0, 0.1) is 11.6 Å². The van der Waals surface area contributed by atoms with Gasteiger partial charge in [0, 0.05) is 42.7 Å². The van der Waals surface area contributed by atoms with Crippen LogP contribution in [0.25, 0.3) is 11.3 Å². The van der Waals surface area contributed by atoms with Gasteiger partial charge in [0.15, 0.2) is 0 Å². The molecule has 0 N–H and O–H groups in total. The Bertz CT molecular complexity index is 957. The Labute approximate surface area is 167 Å². The highest BCUT2D eigenvalue weighted by atomic mass is 32.2. The smallest absolute Gasteiger partial charge is 0.149 e. The summed E-state index contributed by atoms with van der Waals surface area (Å²) in [5.74, 6) is -0.271. The molecule has 3 aromatic rings. The fraction of sp³-hybridized carbons (Fsp3) is 0.238. The van der Waals surface area contributed by atoms with Gasteiger partial charge in [-0.1, -0.05) is 12.1 Å². The Balaban J connectivity index is 1.47. The second-order valence-electron chi connectivity index (χ2n) is 6.56. The zero-order valence-corrected chi connectivity index (χ0v) is 16.3. The molecule has 1 aliphatic heterocycles. The zero-order chi connectivity index (χ0) is 19.5. The maximum Gasteiger partial charge on any atom is 0.149 e. The number of aromatic nitrogens is 2. The van der Waals surface area contributed by atoms with Crippen LogP contribution in [0.15, 0.2) is 59.8 Å². The normalized spacial score (nSPS) is 14.4. The first kappa shape index (κ1) is 18.7. The molecule has 4 nitrogen and oxygen atoms in total. The summed E-state index contributed by atoms with van der Waals surface area (Å²) in [7, 11) is 0. The van der Waals surface area contributed by atoms with Crippen LogP contribution in [-0.2, 0) is 0 Å². The van der Waals surface area contributed by atoms with Gasteiger partial charge >= 0.3 is 0 Å². The number of hydrogen-bond acceptors (Lipinski definition) is 5. The summed E-state index contributed by atoms with van der Waals surface area (Å²) in [5.41, 5.74) is 2.30. The summed E-state index contributed by atoms with van der Waals surface area (Å²) in [6, 6.07) is 12.0. The van der Waals surface area contributed by atoms with Crippen molar-refractivity contribution in [1.29, 1.82) is 0 Å². The second-order valence-corrected chi connectivity index (χ2v) is 7.44. The van der Waals surface area contributed by atoms with E-state index in [9.17, 15) is 8.78 Å². The molecule has 0 aliphatic carbocycles. The molecule has 0 unspecified atom stereocenters. The van der Waals surface area contributed by atoms with Gasteiger partial charge in [0.05, 0.1) is 23.8 Å². The van der Waals surface area contributed by atoms with E-state index in [0.717, 1.165) is 23.1 Å². The highest BCUT2D eigenvalue weighted by molar-refractivity contribution is 7.98. The molecule has 7 heteroatoms. The predicted octanol–water partition coefficient (Wildman–Crippen LogP) is 4.47. The van der Waals surface area contributed by atoms with Gasteiger partial charge in [-0.3, -0.25) is 4.98 Å². The van der Waals surface area contributed by atoms with E-state index in [1.165, 1.54) is 17.0 Å². The van der Waals surface area contributed by atoms with Gasteiger partial charge < -0.3 is 9.80 Å². The molecular weight excluding hydrogens is 378 g/mol. The summed E-state index contributed by atoms with van der Waals surface area (Å²) in [6.45, 7) is 2.66. The Hall–Kier alpha value is -2.67. The minimum atomic E-state index is -0.558. The second kappa shape index (κ2) is 8.14. The van der Waals surface area contributed by atoms with Gasteiger partial charge in [0.25, 0.3) is 0 Å². The maximum atomic E-state index is 14.0. The van der Waals surface area contributed by atoms with Gasteiger partial charge in [-0.25, -0.2) is 13.8 Å². The van der Waals surface area contributed by atoms with Crippen LogP contribution in [0.2, 0.25) is 0 Å². The summed E-state index contributed by atoms with van der Waals surface area (Å²) >= 11 is 1.70. The van der Waals surface area contributed by atoms with Gasteiger partial charge in [-0.15, -0.1) is 11.8 Å². The first-order valence-electron chi connectivity index (χ1n) is 9.05. The van der Waals surface area contributed by atoms with E-state index in [-0.39, 0.29) is 0 Å². The van der Waals surface area contributed by atoms with E-state index in [0.29, 0.717) is 31.9 Å². The van der Waals surface area contributed by atoms with Crippen molar-refractivity contribution >= 4 is 23.3 Å². The lowest BCUT2D eigenvalue weighted by Gasteiger charge is -2.36. The average molecular weight is 398 g/mol. The molecule has 1 fully saturated rings. The fourth-order valence-electron chi connectivity index (χ4n) is 3.32. The Morgan fingerprint density at radius 1 is 0.893 bits per heavy atom. The van der Waals surface area contributed by atoms with Crippen molar-refractivity contribution in [2.45, 2.75) is 4.90 Å². The van der Waals surface area contributed by atoms with Crippen LogP contribution < -0.4 is 9.80 Å². The van der Waals surface area contributed by atoms with E-state index in [1.54, 1.807) is 24.2 Å². The Morgan fingerprint density at radius 2 is 1.61 bits per heavy atom. The van der Waals surface area contributed by atoms with Crippen LogP contribution in [-0.4, -0.2) is 42.4 Å². The van der Waals surface area contributed by atoms with Crippen molar-refractivity contribution in [2.24, 2.45) is 0 Å². The first-order valence-corrected chi connectivity index (χ1v) is 10.3. The molecule has 144 valence electrons. The van der Waals surface area contributed by atoms with Crippen molar-refractivity contribution in [3.63, 3.8) is 0 Å². The lowest BCUT2D eigenvalue weighted by Crippen LogP contribution is -2.47. The number of hydrogen-bond donors (Lipinski definition) is 0. The molecule has 0 radical (unpaired) electrons. The number of benzene rings is 2. The number of anilines is 2. The highest BCUT2D eigenvalue weighted by Gasteiger charge is 2.21. The zero-order valence-electron chi connectivity index (χ0n) is 15.5. The number of halogens is 2. The van der Waals surface area contributed by atoms with E-state index in [2.05, 4.69) is 34.1 Å². The molecule has 2 aromatic carbocycles. The minimum absolute atomic E-state index is 0.440. The quantitative estimate of drug-likeness (QED) is 0.606. The van der Waals surface area contributed by atoms with Crippen molar-refractivity contribution in [1.82, 2.24) is 9.97 Å². The SMILES string of the molecule is CSc1ccc(-c2cncc(N3CCN(c4ccc(F)cc4F)CC3)n2)cc1. The molecule has 1 aromatic heterocycles. The van der Waals surface area contributed by atoms with Gasteiger partial charge in [0.1, 0.15) is 17.5 Å². The van der Waals surface area contributed by atoms with Crippen molar-refractivity contribution in [3.8, 4) is 11.3 Å². The summed E-state index contributed by atoms with van der Waals surface area (Å²) in [5, 5.41) is 0. The molecule has 0 amide bonds. The molecule has 4 rings (SSSR count). The monoisotopic (exact) mass is 398 g/mol. The van der Waals surface area contributed by atoms with Crippen molar-refractivity contribution in [2.75, 3.05) is 42.2 Å². The maximum absolute atomic E-state index is 14.0. The fourth-order valence-corrected chi connectivity index (χ4v) is 3.73. The third kappa shape index (κ3) is 3.94. The number of thioether (sulfide) groups is 1. The number of piperazine rings is 1. The van der Waals surface area contributed by atoms with Crippen LogP contribution in [0.3, 0.4) is 0 Å². The average Bonchev–Trinajstić information content (AvgIpc) is 2.74. The topological polar surface area (TPSA) is 32.3 Å². The summed E-state index contributed by atoms with van der Waals surface area (Å²) in [6.07, 6.45) is 5.57. The van der Waals surface area contributed by atoms with Crippen molar-refractivity contribution < 1.29 is 8.78 Å². The van der Waals surface area contributed by atoms with Crippen LogP contribution in [0.5, 0.6) is 0 Å². The standard InChI is InChI=1S/C21H20F2N4S/c1-28-17-5-2-15(3-6-17)19-13-24-14-21(25-19)27-10-8-26(9-11-27)20-7-4-16(22)12-18(20)23/h2-7,12-14H,8-11H2,1H3. The lowest BCUT2D eigenvalue weighted by atomic mass is 10.1. The van der Waals surface area contributed by atoms with Gasteiger partial charge in [-0.05, 0) is 30.5 Å². The summed E-state index contributed by atoms with van der Waals surface area (Å²) < 4.78 is 27.2. The van der Waals surface area contributed by atoms with E-state index < -0.39 is 11.6 Å². The highest BCUT2D eigenvalue weighted by Crippen LogP contribution is 2.25. The van der Waals surface area contributed by atoms with Crippen LogP contribution in [0.4, 0.5) is 20.3 Å². The molecule has 2 heterocycles. The first-order chi connectivity index (χ1) is 13.6. The molecule has 0 saturated carbocycles. The largest absolute Gasteiger partial charge is 0.366 e. The van der Waals surface area contributed by atoms with Crippen molar-refractivity contribution in [3.05, 3.63) is 66.5 Å². The molecule has 1 saturated heterocycles. The van der Waals surface area contributed by atoms with Crippen LogP contribution >= 0.6 is 11.8 Å². The number of nitrogens with zero attached hydrogens (tertiary/aromatic N) is 4. The Morgan fingerprint density at radius 3 is 2.29 bits per heavy atom. The third-order valence-electron chi connectivity index (χ3n) is 4.86. The van der Waals surface area contributed by atoms with E-state index in [4.69, 9.17) is 4.98 Å². The van der Waals surface area contributed by atoms with Gasteiger partial charge in [0.2, 0.25) is 0 Å². The lowest BCUT2D eigenvalue weighted by molar-refractivity contribution is 0.570. The van der Waals surface area contributed by atoms with E-state index in [1.807, 2.05) is 11.2 Å². The molecule has 1 aliphatic rings. The van der Waals surface area contributed by atoms with Crippen LogP contribution in [0.1, 0.15) is 0 Å².